The van der Waals surface area contributed by atoms with Crippen LogP contribution < -0.4 is 5.73 Å². The van der Waals surface area contributed by atoms with Gasteiger partial charge in [0.2, 0.25) is 0 Å². The molecule has 0 aliphatic heterocycles. The third kappa shape index (κ3) is 2.23. The van der Waals surface area contributed by atoms with Crippen LogP contribution in [0.1, 0.15) is 31.0 Å². The predicted octanol–water partition coefficient (Wildman–Crippen LogP) is 1.57. The van der Waals surface area contributed by atoms with E-state index < -0.39 is 9.84 Å². The number of hydrogen-bond acceptors (Lipinski definition) is 4. The molecule has 5 nitrogen and oxygen atoms in total. The summed E-state index contributed by atoms with van der Waals surface area (Å²) < 4.78 is 25.3. The molecule has 2 N–H and O–H groups in total. The summed E-state index contributed by atoms with van der Waals surface area (Å²) in [5.74, 6) is 1.39. The Bertz CT molecular complexity index is 764. The van der Waals surface area contributed by atoms with Crippen molar-refractivity contribution in [3.8, 4) is 0 Å². The van der Waals surface area contributed by atoms with E-state index in [1.54, 1.807) is 12.1 Å². The van der Waals surface area contributed by atoms with Crippen LogP contribution in [0.15, 0.2) is 23.1 Å². The molecule has 1 aliphatic rings. The van der Waals surface area contributed by atoms with Crippen molar-refractivity contribution in [1.29, 1.82) is 0 Å². The van der Waals surface area contributed by atoms with Crippen LogP contribution in [-0.2, 0) is 16.9 Å². The zero-order valence-electron chi connectivity index (χ0n) is 11.7. The van der Waals surface area contributed by atoms with Crippen molar-refractivity contribution >= 4 is 20.9 Å². The van der Waals surface area contributed by atoms with Crippen LogP contribution >= 0.6 is 0 Å². The van der Waals surface area contributed by atoms with Gasteiger partial charge in [-0.2, -0.15) is 0 Å². The lowest BCUT2D eigenvalue weighted by molar-refractivity contribution is 0.602. The predicted molar refractivity (Wildman–Crippen MR) is 78.4 cm³/mol. The Morgan fingerprint density at radius 3 is 2.70 bits per heavy atom. The molecule has 0 radical (unpaired) electrons. The fraction of sp³-hybridized carbons (Fsp3) is 0.500. The molecule has 3 rings (SSSR count). The van der Waals surface area contributed by atoms with Crippen LogP contribution in [0.25, 0.3) is 11.0 Å². The Kier molecular flexibility index (Phi) is 3.10. The largest absolute Gasteiger partial charge is 0.331 e. The third-order valence-electron chi connectivity index (χ3n) is 4.15. The van der Waals surface area contributed by atoms with Crippen molar-refractivity contribution in [2.24, 2.45) is 12.8 Å². The summed E-state index contributed by atoms with van der Waals surface area (Å²) >= 11 is 0. The average molecular weight is 293 g/mol. The smallest absolute Gasteiger partial charge is 0.175 e. The number of imidazole rings is 1. The van der Waals surface area contributed by atoms with E-state index in [4.69, 9.17) is 5.73 Å². The van der Waals surface area contributed by atoms with Gasteiger partial charge in [-0.15, -0.1) is 0 Å². The number of nitrogens with two attached hydrogens (primary N) is 1. The first-order chi connectivity index (χ1) is 9.36. The van der Waals surface area contributed by atoms with Gasteiger partial charge in [-0.05, 0) is 37.5 Å². The Morgan fingerprint density at radius 2 is 2.10 bits per heavy atom. The lowest BCUT2D eigenvalue weighted by Gasteiger charge is -2.09. The van der Waals surface area contributed by atoms with Gasteiger partial charge in [0.25, 0.3) is 0 Å². The standard InChI is InChI=1S/C14H19N3O2S/c1-17-13-6-5-11(20(2,18)19)8-12(13)16-14(17)9-3-4-10(15)7-9/h5-6,8-10H,3-4,7,15H2,1-2H3/t9-,10+/m1/s1. The molecule has 108 valence electrons. The molecule has 6 heteroatoms. The van der Waals surface area contributed by atoms with E-state index in [-0.39, 0.29) is 6.04 Å². The minimum atomic E-state index is -3.19. The first-order valence-electron chi connectivity index (χ1n) is 6.78. The summed E-state index contributed by atoms with van der Waals surface area (Å²) in [4.78, 5) is 4.96. The third-order valence-corrected chi connectivity index (χ3v) is 5.26. The van der Waals surface area contributed by atoms with Gasteiger partial charge >= 0.3 is 0 Å². The van der Waals surface area contributed by atoms with Crippen molar-refractivity contribution in [2.45, 2.75) is 36.1 Å². The number of hydrogen-bond donors (Lipinski definition) is 1. The molecule has 1 saturated carbocycles. The highest BCUT2D eigenvalue weighted by molar-refractivity contribution is 7.90. The van der Waals surface area contributed by atoms with Crippen LogP contribution in [0.4, 0.5) is 0 Å². The summed E-state index contributed by atoms with van der Waals surface area (Å²) in [7, 11) is -1.21. The number of aromatic nitrogens is 2. The molecule has 1 aliphatic carbocycles. The van der Waals surface area contributed by atoms with E-state index in [0.29, 0.717) is 10.8 Å². The van der Waals surface area contributed by atoms with Gasteiger partial charge in [-0.1, -0.05) is 0 Å². The summed E-state index contributed by atoms with van der Waals surface area (Å²) in [6.07, 6.45) is 4.25. The Morgan fingerprint density at radius 1 is 1.35 bits per heavy atom. The second kappa shape index (κ2) is 4.56. The Labute approximate surface area is 118 Å². The molecular formula is C14H19N3O2S. The van der Waals surface area contributed by atoms with Crippen molar-refractivity contribution < 1.29 is 8.42 Å². The van der Waals surface area contributed by atoms with Crippen LogP contribution in [0.5, 0.6) is 0 Å². The van der Waals surface area contributed by atoms with Crippen molar-refractivity contribution in [3.05, 3.63) is 24.0 Å². The van der Waals surface area contributed by atoms with Crippen LogP contribution in [0.3, 0.4) is 0 Å². The van der Waals surface area contributed by atoms with Gasteiger partial charge in [0, 0.05) is 25.3 Å². The molecule has 0 bridgehead atoms. The maximum atomic E-state index is 11.6. The molecule has 0 amide bonds. The average Bonchev–Trinajstić information content (AvgIpc) is 2.92. The quantitative estimate of drug-likeness (QED) is 0.911. The lowest BCUT2D eigenvalue weighted by atomic mass is 10.1. The van der Waals surface area contributed by atoms with Crippen molar-refractivity contribution in [3.63, 3.8) is 0 Å². The SMILES string of the molecule is Cn1c([C@@H]2CC[C@H](N)C2)nc2cc(S(C)(=O)=O)ccc21. The van der Waals surface area contributed by atoms with Gasteiger partial charge in [-0.3, -0.25) is 0 Å². The Hall–Kier alpha value is -1.40. The second-order valence-corrected chi connectivity index (χ2v) is 7.74. The first-order valence-corrected chi connectivity index (χ1v) is 8.67. The minimum Gasteiger partial charge on any atom is -0.331 e. The molecule has 1 aromatic heterocycles. The fourth-order valence-electron chi connectivity index (χ4n) is 3.04. The molecule has 0 saturated heterocycles. The van der Waals surface area contributed by atoms with Crippen LogP contribution in [-0.4, -0.2) is 30.3 Å². The summed E-state index contributed by atoms with van der Waals surface area (Å²) in [6.45, 7) is 0. The van der Waals surface area contributed by atoms with Gasteiger partial charge < -0.3 is 10.3 Å². The zero-order valence-corrected chi connectivity index (χ0v) is 12.5. The number of fused-ring (bicyclic) bond motifs is 1. The lowest BCUT2D eigenvalue weighted by Crippen LogP contribution is -2.15. The number of benzene rings is 1. The monoisotopic (exact) mass is 293 g/mol. The molecule has 0 unspecified atom stereocenters. The van der Waals surface area contributed by atoms with Crippen LogP contribution in [0.2, 0.25) is 0 Å². The van der Waals surface area contributed by atoms with Crippen molar-refractivity contribution in [1.82, 2.24) is 9.55 Å². The first kappa shape index (κ1) is 13.6. The normalized spacial score (nSPS) is 23.6. The molecule has 0 spiro atoms. The maximum Gasteiger partial charge on any atom is 0.175 e. The highest BCUT2D eigenvalue weighted by Gasteiger charge is 2.27. The Balaban J connectivity index is 2.10. The van der Waals surface area contributed by atoms with Gasteiger partial charge in [0.1, 0.15) is 5.82 Å². The van der Waals surface area contributed by atoms with Gasteiger partial charge in [0.15, 0.2) is 9.84 Å². The van der Waals surface area contributed by atoms with Crippen LogP contribution in [0, 0.1) is 0 Å². The number of rotatable bonds is 2. The molecular weight excluding hydrogens is 274 g/mol. The highest BCUT2D eigenvalue weighted by atomic mass is 32.2. The summed E-state index contributed by atoms with van der Waals surface area (Å²) in [5, 5.41) is 0. The zero-order chi connectivity index (χ0) is 14.5. The molecule has 1 aromatic carbocycles. The number of nitrogens with zero attached hydrogens (tertiary/aromatic N) is 2. The number of aryl methyl sites for hydroxylation is 1. The van der Waals surface area contributed by atoms with E-state index in [0.717, 1.165) is 36.1 Å². The molecule has 1 fully saturated rings. The van der Waals surface area contributed by atoms with Gasteiger partial charge in [0.05, 0.1) is 15.9 Å². The number of sulfone groups is 1. The fourth-order valence-corrected chi connectivity index (χ4v) is 3.69. The van der Waals surface area contributed by atoms with E-state index in [9.17, 15) is 8.42 Å². The maximum absolute atomic E-state index is 11.6. The molecule has 2 atom stereocenters. The molecule has 20 heavy (non-hydrogen) atoms. The topological polar surface area (TPSA) is 78.0 Å². The van der Waals surface area contributed by atoms with E-state index in [1.807, 2.05) is 13.1 Å². The second-order valence-electron chi connectivity index (χ2n) is 5.72. The van der Waals surface area contributed by atoms with E-state index in [2.05, 4.69) is 9.55 Å². The molecule has 1 heterocycles. The van der Waals surface area contributed by atoms with Crippen molar-refractivity contribution in [2.75, 3.05) is 6.26 Å². The highest BCUT2D eigenvalue weighted by Crippen LogP contribution is 2.34. The van der Waals surface area contributed by atoms with E-state index >= 15 is 0 Å². The van der Waals surface area contributed by atoms with Gasteiger partial charge in [-0.25, -0.2) is 13.4 Å². The minimum absolute atomic E-state index is 0.256. The molecule has 2 aromatic rings. The van der Waals surface area contributed by atoms with E-state index in [1.165, 1.54) is 6.26 Å². The summed E-state index contributed by atoms with van der Waals surface area (Å²) in [6, 6.07) is 5.38. The summed E-state index contributed by atoms with van der Waals surface area (Å²) in [5.41, 5.74) is 7.68.